The summed E-state index contributed by atoms with van der Waals surface area (Å²) in [5.41, 5.74) is 0. The van der Waals surface area contributed by atoms with Gasteiger partial charge in [0.15, 0.2) is 0 Å². The van der Waals surface area contributed by atoms with Gasteiger partial charge in [0.05, 0.1) is 12.5 Å². The van der Waals surface area contributed by atoms with Crippen LogP contribution in [0.3, 0.4) is 0 Å². The minimum atomic E-state index is 0.0608. The molecule has 0 bridgehead atoms. The first-order chi connectivity index (χ1) is 7.11. The molecule has 1 aliphatic rings. The third-order valence-corrected chi connectivity index (χ3v) is 4.11. The van der Waals surface area contributed by atoms with E-state index in [0.717, 1.165) is 19.4 Å². The van der Waals surface area contributed by atoms with E-state index in [2.05, 4.69) is 35.1 Å². The third-order valence-electron chi connectivity index (χ3n) is 2.73. The lowest BCUT2D eigenvalue weighted by atomic mass is 10.0. The molecule has 1 saturated heterocycles. The second kappa shape index (κ2) is 6.48. The summed E-state index contributed by atoms with van der Waals surface area (Å²) in [5, 5.41) is 2.97. The van der Waals surface area contributed by atoms with Crippen molar-refractivity contribution in [3.8, 4) is 0 Å². The first kappa shape index (κ1) is 13.0. The quantitative estimate of drug-likeness (QED) is 0.798. The van der Waals surface area contributed by atoms with Crippen molar-refractivity contribution in [1.82, 2.24) is 5.32 Å². The van der Waals surface area contributed by atoms with E-state index < -0.39 is 0 Å². The summed E-state index contributed by atoms with van der Waals surface area (Å²) in [4.78, 5) is 12.1. The van der Waals surface area contributed by atoms with Crippen molar-refractivity contribution >= 4 is 21.8 Å². The fourth-order valence-corrected chi connectivity index (χ4v) is 1.69. The molecule has 1 amide bonds. The van der Waals surface area contributed by atoms with Gasteiger partial charge in [0.1, 0.15) is 0 Å². The molecule has 0 aromatic rings. The van der Waals surface area contributed by atoms with E-state index in [9.17, 15) is 4.79 Å². The van der Waals surface area contributed by atoms with E-state index in [1.807, 2.05) is 0 Å². The van der Waals surface area contributed by atoms with Gasteiger partial charge in [0.25, 0.3) is 0 Å². The van der Waals surface area contributed by atoms with Gasteiger partial charge in [-0.3, -0.25) is 4.79 Å². The lowest BCUT2D eigenvalue weighted by Crippen LogP contribution is -2.39. The van der Waals surface area contributed by atoms with Crippen LogP contribution in [0.5, 0.6) is 0 Å². The predicted molar refractivity (Wildman–Crippen MR) is 64.1 cm³/mol. The molecule has 1 heterocycles. The molecule has 1 N–H and O–H groups in total. The Hall–Kier alpha value is -0.0900. The number of amides is 1. The van der Waals surface area contributed by atoms with Gasteiger partial charge in [-0.15, -0.1) is 0 Å². The number of halogens is 1. The van der Waals surface area contributed by atoms with Crippen LogP contribution in [0, 0.1) is 11.8 Å². The maximum absolute atomic E-state index is 11.7. The molecule has 1 fully saturated rings. The van der Waals surface area contributed by atoms with Crippen molar-refractivity contribution in [3.05, 3.63) is 0 Å². The number of carbonyl (C=O) groups excluding carboxylic acids is 1. The molecule has 0 radical (unpaired) electrons. The monoisotopic (exact) mass is 277 g/mol. The first-order valence-corrected chi connectivity index (χ1v) is 6.52. The highest BCUT2D eigenvalue weighted by Crippen LogP contribution is 2.14. The zero-order chi connectivity index (χ0) is 11.3. The topological polar surface area (TPSA) is 38.3 Å². The van der Waals surface area contributed by atoms with Crippen LogP contribution in [0.4, 0.5) is 0 Å². The molecule has 0 spiro atoms. The Bertz CT molecular complexity index is 203. The van der Waals surface area contributed by atoms with Gasteiger partial charge in [-0.05, 0) is 18.8 Å². The molecule has 0 aromatic carbocycles. The SMILES string of the molecule is CC(C)C(Br)CNC(=O)C1CCCOC1. The Balaban J connectivity index is 2.22. The number of hydrogen-bond donors (Lipinski definition) is 1. The molecule has 3 nitrogen and oxygen atoms in total. The standard InChI is InChI=1S/C11H20BrNO2/c1-8(2)10(12)6-13-11(14)9-4-3-5-15-7-9/h8-10H,3-7H2,1-2H3,(H,13,14). The van der Waals surface area contributed by atoms with Crippen molar-refractivity contribution in [2.45, 2.75) is 31.5 Å². The minimum absolute atomic E-state index is 0.0608. The zero-order valence-corrected chi connectivity index (χ0v) is 11.0. The van der Waals surface area contributed by atoms with E-state index >= 15 is 0 Å². The van der Waals surface area contributed by atoms with Crippen LogP contribution < -0.4 is 5.32 Å². The molecule has 15 heavy (non-hydrogen) atoms. The van der Waals surface area contributed by atoms with E-state index in [-0.39, 0.29) is 11.8 Å². The van der Waals surface area contributed by atoms with Crippen LogP contribution in [0.25, 0.3) is 0 Å². The second-order valence-corrected chi connectivity index (χ2v) is 5.60. The van der Waals surface area contributed by atoms with Gasteiger partial charge in [-0.2, -0.15) is 0 Å². The maximum atomic E-state index is 11.7. The highest BCUT2D eigenvalue weighted by Gasteiger charge is 2.22. The zero-order valence-electron chi connectivity index (χ0n) is 9.46. The Morgan fingerprint density at radius 1 is 1.60 bits per heavy atom. The molecule has 0 aromatic heterocycles. The Kier molecular flexibility index (Phi) is 5.61. The summed E-state index contributed by atoms with van der Waals surface area (Å²) in [7, 11) is 0. The van der Waals surface area contributed by atoms with Crippen molar-refractivity contribution in [2.24, 2.45) is 11.8 Å². The van der Waals surface area contributed by atoms with Crippen LogP contribution in [-0.4, -0.2) is 30.5 Å². The van der Waals surface area contributed by atoms with Gasteiger partial charge < -0.3 is 10.1 Å². The Morgan fingerprint density at radius 3 is 2.87 bits per heavy atom. The summed E-state index contributed by atoms with van der Waals surface area (Å²) < 4.78 is 5.28. The molecule has 4 heteroatoms. The van der Waals surface area contributed by atoms with Gasteiger partial charge >= 0.3 is 0 Å². The fraction of sp³-hybridized carbons (Fsp3) is 0.909. The van der Waals surface area contributed by atoms with E-state index in [0.29, 0.717) is 23.9 Å². The summed E-state index contributed by atoms with van der Waals surface area (Å²) in [6.07, 6.45) is 1.96. The second-order valence-electron chi connectivity index (χ2n) is 4.42. The summed E-state index contributed by atoms with van der Waals surface area (Å²) >= 11 is 3.55. The van der Waals surface area contributed by atoms with Crippen LogP contribution in [0.2, 0.25) is 0 Å². The summed E-state index contributed by atoms with van der Waals surface area (Å²) in [6.45, 7) is 6.36. The average molecular weight is 278 g/mol. The fourth-order valence-electron chi connectivity index (χ4n) is 1.53. The number of alkyl halides is 1. The highest BCUT2D eigenvalue weighted by molar-refractivity contribution is 9.09. The smallest absolute Gasteiger partial charge is 0.225 e. The molecule has 88 valence electrons. The summed E-state index contributed by atoms with van der Waals surface area (Å²) in [6, 6.07) is 0. The number of rotatable bonds is 4. The molecule has 0 aliphatic carbocycles. The van der Waals surface area contributed by atoms with Crippen LogP contribution in [0.15, 0.2) is 0 Å². The number of carbonyl (C=O) groups is 1. The minimum Gasteiger partial charge on any atom is -0.381 e. The third kappa shape index (κ3) is 4.51. The number of hydrogen-bond acceptors (Lipinski definition) is 2. The van der Waals surface area contributed by atoms with Crippen molar-refractivity contribution in [2.75, 3.05) is 19.8 Å². The molecule has 0 saturated carbocycles. The normalized spacial score (nSPS) is 23.9. The van der Waals surface area contributed by atoms with Gasteiger partial charge in [-0.25, -0.2) is 0 Å². The average Bonchev–Trinajstić information content (AvgIpc) is 2.26. The predicted octanol–water partition coefficient (Wildman–Crippen LogP) is 1.95. The molecule has 2 unspecified atom stereocenters. The molecule has 2 atom stereocenters. The van der Waals surface area contributed by atoms with Crippen LogP contribution >= 0.6 is 15.9 Å². The van der Waals surface area contributed by atoms with Gasteiger partial charge in [0, 0.05) is 18.0 Å². The van der Waals surface area contributed by atoms with Crippen molar-refractivity contribution in [3.63, 3.8) is 0 Å². The lowest BCUT2D eigenvalue weighted by Gasteiger charge is -2.22. The Morgan fingerprint density at radius 2 is 2.33 bits per heavy atom. The van der Waals surface area contributed by atoms with E-state index in [4.69, 9.17) is 4.74 Å². The van der Waals surface area contributed by atoms with Crippen LogP contribution in [0.1, 0.15) is 26.7 Å². The number of ether oxygens (including phenoxy) is 1. The molecule has 1 aliphatic heterocycles. The summed E-state index contributed by atoms with van der Waals surface area (Å²) in [5.74, 6) is 0.735. The first-order valence-electron chi connectivity index (χ1n) is 5.60. The lowest BCUT2D eigenvalue weighted by molar-refractivity contribution is -0.128. The molecular formula is C11H20BrNO2. The largest absolute Gasteiger partial charge is 0.381 e. The number of nitrogens with one attached hydrogen (secondary N) is 1. The van der Waals surface area contributed by atoms with Crippen LogP contribution in [-0.2, 0) is 9.53 Å². The molecular weight excluding hydrogens is 258 g/mol. The van der Waals surface area contributed by atoms with Gasteiger partial charge in [-0.1, -0.05) is 29.8 Å². The molecule has 1 rings (SSSR count). The Labute approximate surface area is 100 Å². The maximum Gasteiger partial charge on any atom is 0.225 e. The highest BCUT2D eigenvalue weighted by atomic mass is 79.9. The van der Waals surface area contributed by atoms with Crippen molar-refractivity contribution in [1.29, 1.82) is 0 Å². The van der Waals surface area contributed by atoms with Gasteiger partial charge in [0.2, 0.25) is 5.91 Å². The van der Waals surface area contributed by atoms with Crippen molar-refractivity contribution < 1.29 is 9.53 Å². The van der Waals surface area contributed by atoms with E-state index in [1.165, 1.54) is 0 Å². The van der Waals surface area contributed by atoms with E-state index in [1.54, 1.807) is 0 Å².